The number of alkyl halides is 3. The van der Waals surface area contributed by atoms with Gasteiger partial charge in [0, 0.05) is 23.3 Å². The second-order valence-corrected chi connectivity index (χ2v) is 5.99. The molecule has 1 aromatic carbocycles. The Kier molecular flexibility index (Phi) is 3.79. The number of benzene rings is 1. The number of nitrogens with one attached hydrogen (secondary N) is 1. The van der Waals surface area contributed by atoms with Crippen molar-refractivity contribution in [2.45, 2.75) is 31.6 Å². The van der Waals surface area contributed by atoms with Gasteiger partial charge in [-0.3, -0.25) is 0 Å². The van der Waals surface area contributed by atoms with Gasteiger partial charge in [0.2, 0.25) is 0 Å². The van der Waals surface area contributed by atoms with Crippen molar-refractivity contribution >= 4 is 15.9 Å². The number of hydrogen-bond donors (Lipinski definition) is 1. The van der Waals surface area contributed by atoms with E-state index in [2.05, 4.69) is 26.3 Å². The summed E-state index contributed by atoms with van der Waals surface area (Å²) in [6.45, 7) is 0.612. The fourth-order valence-corrected chi connectivity index (χ4v) is 2.48. The Morgan fingerprint density at radius 3 is 2.67 bits per heavy atom. The molecule has 0 unspecified atom stereocenters. The third-order valence-electron chi connectivity index (χ3n) is 3.33. The van der Waals surface area contributed by atoms with Crippen LogP contribution in [0, 0.1) is 0 Å². The molecule has 1 aromatic heterocycles. The van der Waals surface area contributed by atoms with Crippen LogP contribution in [0.5, 0.6) is 0 Å². The van der Waals surface area contributed by atoms with Gasteiger partial charge in [-0.15, -0.1) is 0 Å². The molecular weight excluding hydrogens is 347 g/mol. The minimum Gasteiger partial charge on any atom is -0.310 e. The second-order valence-electron chi connectivity index (χ2n) is 5.07. The van der Waals surface area contributed by atoms with Crippen LogP contribution >= 0.6 is 15.9 Å². The molecule has 0 aliphatic heterocycles. The van der Waals surface area contributed by atoms with Gasteiger partial charge in [0.25, 0.3) is 0 Å². The minimum absolute atomic E-state index is 0.528. The molecule has 0 bridgehead atoms. The van der Waals surface area contributed by atoms with Crippen molar-refractivity contribution in [3.63, 3.8) is 0 Å². The van der Waals surface area contributed by atoms with Gasteiger partial charge in [0.05, 0.1) is 5.69 Å². The molecule has 1 fully saturated rings. The summed E-state index contributed by atoms with van der Waals surface area (Å²) in [6.07, 6.45) is -0.771. The normalized spacial score (nSPS) is 15.4. The van der Waals surface area contributed by atoms with Gasteiger partial charge in [-0.25, -0.2) is 4.68 Å². The lowest BCUT2D eigenvalue weighted by molar-refractivity contribution is -0.141. The Morgan fingerprint density at radius 2 is 2.05 bits per heavy atom. The third-order valence-corrected chi connectivity index (χ3v) is 3.82. The van der Waals surface area contributed by atoms with E-state index in [0.29, 0.717) is 18.3 Å². The van der Waals surface area contributed by atoms with E-state index in [4.69, 9.17) is 0 Å². The van der Waals surface area contributed by atoms with Crippen LogP contribution in [0.1, 0.15) is 24.1 Å². The average molecular weight is 360 g/mol. The highest BCUT2D eigenvalue weighted by atomic mass is 79.9. The quantitative estimate of drug-likeness (QED) is 0.896. The van der Waals surface area contributed by atoms with Crippen LogP contribution in [-0.4, -0.2) is 15.8 Å². The lowest BCUT2D eigenvalue weighted by Gasteiger charge is -2.11. The number of rotatable bonds is 4. The molecule has 0 amide bonds. The fourth-order valence-electron chi connectivity index (χ4n) is 2.07. The number of nitrogens with zero attached hydrogens (tertiary/aromatic N) is 2. The Hall–Kier alpha value is -1.34. The Balaban J connectivity index is 1.90. The van der Waals surface area contributed by atoms with Gasteiger partial charge >= 0.3 is 6.18 Å². The van der Waals surface area contributed by atoms with E-state index in [1.807, 2.05) is 6.07 Å². The molecule has 1 aliphatic carbocycles. The van der Waals surface area contributed by atoms with Crippen molar-refractivity contribution in [3.8, 4) is 5.69 Å². The highest BCUT2D eigenvalue weighted by molar-refractivity contribution is 9.10. The topological polar surface area (TPSA) is 29.9 Å². The first-order valence-corrected chi connectivity index (χ1v) is 7.38. The summed E-state index contributed by atoms with van der Waals surface area (Å²) >= 11 is 3.39. The van der Waals surface area contributed by atoms with Crippen LogP contribution in [-0.2, 0) is 12.7 Å². The predicted octanol–water partition coefficient (Wildman–Crippen LogP) is 3.91. The van der Waals surface area contributed by atoms with E-state index in [0.717, 1.165) is 28.9 Å². The van der Waals surface area contributed by atoms with Crippen molar-refractivity contribution < 1.29 is 13.2 Å². The minimum atomic E-state index is -4.42. The van der Waals surface area contributed by atoms with Gasteiger partial charge < -0.3 is 5.32 Å². The Morgan fingerprint density at radius 1 is 1.29 bits per heavy atom. The van der Waals surface area contributed by atoms with E-state index in [9.17, 15) is 13.2 Å². The summed E-state index contributed by atoms with van der Waals surface area (Å²) in [6, 6.07) is 6.98. The first-order valence-electron chi connectivity index (χ1n) is 6.58. The lowest BCUT2D eigenvalue weighted by Crippen LogP contribution is -2.17. The molecular formula is C14H13BrF3N3. The predicted molar refractivity (Wildman–Crippen MR) is 76.1 cm³/mol. The summed E-state index contributed by atoms with van der Waals surface area (Å²) in [7, 11) is 0. The highest BCUT2D eigenvalue weighted by Crippen LogP contribution is 2.29. The fraction of sp³-hybridized carbons (Fsp3) is 0.357. The van der Waals surface area contributed by atoms with Gasteiger partial charge in [0.1, 0.15) is 0 Å². The highest BCUT2D eigenvalue weighted by Gasteiger charge is 2.33. The van der Waals surface area contributed by atoms with Crippen molar-refractivity contribution in [1.82, 2.24) is 15.1 Å². The van der Waals surface area contributed by atoms with Crippen molar-refractivity contribution in [2.75, 3.05) is 0 Å². The van der Waals surface area contributed by atoms with E-state index in [1.54, 1.807) is 12.1 Å². The summed E-state index contributed by atoms with van der Waals surface area (Å²) in [5.41, 5.74) is 0.682. The van der Waals surface area contributed by atoms with Crippen molar-refractivity contribution in [3.05, 3.63) is 46.2 Å². The maximum Gasteiger partial charge on any atom is 0.435 e. The van der Waals surface area contributed by atoms with Crippen LogP contribution in [0.25, 0.3) is 5.69 Å². The third kappa shape index (κ3) is 3.47. The standard InChI is InChI=1S/C14H13BrF3N3/c15-10-1-4-12(9(7-10)8-19-11-2-3-11)21-6-5-13(20-21)14(16,17)18/h1,4-7,11,19H,2-3,8H2. The summed E-state index contributed by atoms with van der Waals surface area (Å²) in [5.74, 6) is 0. The zero-order valence-electron chi connectivity index (χ0n) is 11.0. The monoisotopic (exact) mass is 359 g/mol. The zero-order valence-corrected chi connectivity index (χ0v) is 12.6. The molecule has 3 nitrogen and oxygen atoms in total. The molecule has 0 atom stereocenters. The van der Waals surface area contributed by atoms with E-state index < -0.39 is 11.9 Å². The SMILES string of the molecule is FC(F)(F)c1ccn(-c2ccc(Br)cc2CNC2CC2)n1. The molecule has 2 aromatic rings. The molecule has 1 aliphatic rings. The molecule has 0 spiro atoms. The van der Waals surface area contributed by atoms with Gasteiger partial charge in [-0.2, -0.15) is 18.3 Å². The summed E-state index contributed by atoms with van der Waals surface area (Å²) in [4.78, 5) is 0. The van der Waals surface area contributed by atoms with Gasteiger partial charge in [0.15, 0.2) is 5.69 Å². The number of halogens is 4. The van der Waals surface area contributed by atoms with Crippen molar-refractivity contribution in [1.29, 1.82) is 0 Å². The smallest absolute Gasteiger partial charge is 0.310 e. The molecule has 1 heterocycles. The lowest BCUT2D eigenvalue weighted by atomic mass is 10.2. The molecule has 0 radical (unpaired) electrons. The maximum atomic E-state index is 12.6. The number of aromatic nitrogens is 2. The molecule has 7 heteroatoms. The molecule has 3 rings (SSSR count). The van der Waals surface area contributed by atoms with Crippen LogP contribution < -0.4 is 5.32 Å². The average Bonchev–Trinajstić information content (AvgIpc) is 3.10. The summed E-state index contributed by atoms with van der Waals surface area (Å²) < 4.78 is 40.1. The van der Waals surface area contributed by atoms with E-state index >= 15 is 0 Å². The molecule has 0 saturated heterocycles. The maximum absolute atomic E-state index is 12.6. The van der Waals surface area contributed by atoms with E-state index in [-0.39, 0.29) is 0 Å². The first-order chi connectivity index (χ1) is 9.93. The van der Waals surface area contributed by atoms with E-state index in [1.165, 1.54) is 10.9 Å². The zero-order chi connectivity index (χ0) is 15.0. The molecule has 1 N–H and O–H groups in total. The Labute approximate surface area is 128 Å². The second kappa shape index (κ2) is 5.46. The molecule has 1 saturated carbocycles. The number of hydrogen-bond acceptors (Lipinski definition) is 2. The van der Waals surface area contributed by atoms with Gasteiger partial charge in [-0.05, 0) is 42.7 Å². The Bertz CT molecular complexity index is 647. The molecule has 21 heavy (non-hydrogen) atoms. The molecule has 112 valence electrons. The van der Waals surface area contributed by atoms with Gasteiger partial charge in [-0.1, -0.05) is 15.9 Å². The van der Waals surface area contributed by atoms with Crippen LogP contribution in [0.2, 0.25) is 0 Å². The van der Waals surface area contributed by atoms with Crippen molar-refractivity contribution in [2.24, 2.45) is 0 Å². The summed E-state index contributed by atoms with van der Waals surface area (Å²) in [5, 5.41) is 7.00. The van der Waals surface area contributed by atoms with Crippen LogP contribution in [0.3, 0.4) is 0 Å². The largest absolute Gasteiger partial charge is 0.435 e. The van der Waals surface area contributed by atoms with Crippen LogP contribution in [0.15, 0.2) is 34.9 Å². The first kappa shape index (κ1) is 14.6. The van der Waals surface area contributed by atoms with Crippen LogP contribution in [0.4, 0.5) is 13.2 Å².